The summed E-state index contributed by atoms with van der Waals surface area (Å²) < 4.78 is 24.2. The standard InChI is InChI=1S/C26H21FO4/c1-16-4-3-5-18(12-16)21-14-22-23(15-28)26(17-6-9-20(27)10-7-17)31-24(22)13-19(21)8-11-25(29)30-2/h3-7,9-10,12-15H,8,11H2,1-2H3. The van der Waals surface area contributed by atoms with Gasteiger partial charge in [0, 0.05) is 17.4 Å². The fourth-order valence-corrected chi connectivity index (χ4v) is 3.76. The van der Waals surface area contributed by atoms with E-state index in [9.17, 15) is 14.0 Å². The molecule has 1 heterocycles. The summed E-state index contributed by atoms with van der Waals surface area (Å²) >= 11 is 0. The Labute approximate surface area is 179 Å². The number of hydrogen-bond acceptors (Lipinski definition) is 4. The summed E-state index contributed by atoms with van der Waals surface area (Å²) in [4.78, 5) is 23.7. The van der Waals surface area contributed by atoms with Gasteiger partial charge in [0.15, 0.2) is 6.29 Å². The lowest BCUT2D eigenvalue weighted by Gasteiger charge is -2.11. The quantitative estimate of drug-likeness (QED) is 0.280. The summed E-state index contributed by atoms with van der Waals surface area (Å²) in [5.41, 5.74) is 5.50. The van der Waals surface area contributed by atoms with Crippen LogP contribution in [0.25, 0.3) is 33.4 Å². The fourth-order valence-electron chi connectivity index (χ4n) is 3.76. The van der Waals surface area contributed by atoms with Crippen LogP contribution in [0.15, 0.2) is 65.1 Å². The molecule has 156 valence electrons. The van der Waals surface area contributed by atoms with Crippen LogP contribution < -0.4 is 0 Å². The largest absolute Gasteiger partial charge is 0.469 e. The number of rotatable bonds is 6. The van der Waals surface area contributed by atoms with Crippen LogP contribution in [0.3, 0.4) is 0 Å². The zero-order chi connectivity index (χ0) is 22.0. The molecule has 0 radical (unpaired) electrons. The number of hydrogen-bond donors (Lipinski definition) is 0. The van der Waals surface area contributed by atoms with Gasteiger partial charge in [-0.05, 0) is 66.4 Å². The van der Waals surface area contributed by atoms with Crippen LogP contribution in [0.4, 0.5) is 4.39 Å². The maximum absolute atomic E-state index is 13.4. The highest BCUT2D eigenvalue weighted by atomic mass is 19.1. The Morgan fingerprint density at radius 3 is 2.52 bits per heavy atom. The predicted octanol–water partition coefficient (Wildman–Crippen LogP) is 6.13. The molecule has 0 aliphatic carbocycles. The monoisotopic (exact) mass is 416 g/mol. The van der Waals surface area contributed by atoms with Crippen LogP contribution in [0.2, 0.25) is 0 Å². The SMILES string of the molecule is COC(=O)CCc1cc2oc(-c3ccc(F)cc3)c(C=O)c2cc1-c1cccc(C)c1. The normalized spacial score (nSPS) is 10.9. The summed E-state index contributed by atoms with van der Waals surface area (Å²) in [7, 11) is 1.37. The van der Waals surface area contributed by atoms with Gasteiger partial charge in [0.25, 0.3) is 0 Å². The molecule has 4 aromatic rings. The topological polar surface area (TPSA) is 56.5 Å². The van der Waals surface area contributed by atoms with Crippen LogP contribution in [0.1, 0.15) is 27.9 Å². The van der Waals surface area contributed by atoms with Gasteiger partial charge in [-0.15, -0.1) is 0 Å². The summed E-state index contributed by atoms with van der Waals surface area (Å²) in [6.07, 6.45) is 1.46. The van der Waals surface area contributed by atoms with Gasteiger partial charge in [-0.25, -0.2) is 4.39 Å². The lowest BCUT2D eigenvalue weighted by Crippen LogP contribution is -2.03. The lowest BCUT2D eigenvalue weighted by atomic mass is 9.93. The molecule has 31 heavy (non-hydrogen) atoms. The zero-order valence-electron chi connectivity index (χ0n) is 17.3. The van der Waals surface area contributed by atoms with E-state index in [4.69, 9.17) is 9.15 Å². The second-order valence-electron chi connectivity index (χ2n) is 7.42. The number of halogens is 1. The summed E-state index contributed by atoms with van der Waals surface area (Å²) in [6, 6.07) is 17.7. The maximum Gasteiger partial charge on any atom is 0.305 e. The Morgan fingerprint density at radius 2 is 1.84 bits per heavy atom. The average Bonchev–Trinajstić information content (AvgIpc) is 3.14. The van der Waals surface area contributed by atoms with Crippen LogP contribution >= 0.6 is 0 Å². The van der Waals surface area contributed by atoms with Gasteiger partial charge in [-0.1, -0.05) is 29.8 Å². The van der Waals surface area contributed by atoms with Crippen molar-refractivity contribution < 1.29 is 23.1 Å². The molecular weight excluding hydrogens is 395 g/mol. The van der Waals surface area contributed by atoms with Crippen molar-refractivity contribution in [3.8, 4) is 22.5 Å². The van der Waals surface area contributed by atoms with E-state index < -0.39 is 0 Å². The van der Waals surface area contributed by atoms with E-state index in [2.05, 4.69) is 6.07 Å². The van der Waals surface area contributed by atoms with Crippen molar-refractivity contribution in [1.29, 1.82) is 0 Å². The van der Waals surface area contributed by atoms with E-state index >= 15 is 0 Å². The van der Waals surface area contributed by atoms with Crippen LogP contribution in [0.5, 0.6) is 0 Å². The van der Waals surface area contributed by atoms with Gasteiger partial charge >= 0.3 is 5.97 Å². The van der Waals surface area contributed by atoms with Gasteiger partial charge in [-0.2, -0.15) is 0 Å². The number of furan rings is 1. The Kier molecular flexibility index (Phi) is 5.67. The molecule has 4 nitrogen and oxygen atoms in total. The molecule has 0 amide bonds. The van der Waals surface area contributed by atoms with Crippen molar-refractivity contribution in [2.24, 2.45) is 0 Å². The molecule has 0 saturated carbocycles. The first kappa shape index (κ1) is 20.5. The van der Waals surface area contributed by atoms with Crippen molar-refractivity contribution in [2.75, 3.05) is 7.11 Å². The number of carbonyl (C=O) groups is 2. The molecule has 0 saturated heterocycles. The summed E-state index contributed by atoms with van der Waals surface area (Å²) in [6.45, 7) is 2.01. The van der Waals surface area contributed by atoms with Crippen LogP contribution in [-0.4, -0.2) is 19.4 Å². The second kappa shape index (κ2) is 8.56. The van der Waals surface area contributed by atoms with E-state index in [0.717, 1.165) is 28.5 Å². The van der Waals surface area contributed by atoms with Crippen molar-refractivity contribution in [1.82, 2.24) is 0 Å². The number of benzene rings is 3. The van der Waals surface area contributed by atoms with Crippen molar-refractivity contribution >= 4 is 23.2 Å². The third-order valence-electron chi connectivity index (χ3n) is 5.33. The van der Waals surface area contributed by atoms with Crippen molar-refractivity contribution in [3.63, 3.8) is 0 Å². The predicted molar refractivity (Wildman–Crippen MR) is 118 cm³/mol. The average molecular weight is 416 g/mol. The highest BCUT2D eigenvalue weighted by molar-refractivity contribution is 6.04. The van der Waals surface area contributed by atoms with Crippen LogP contribution in [-0.2, 0) is 16.0 Å². The van der Waals surface area contributed by atoms with E-state index in [1.54, 1.807) is 12.1 Å². The number of methoxy groups -OCH3 is 1. The van der Waals surface area contributed by atoms with Gasteiger partial charge in [0.2, 0.25) is 0 Å². The summed E-state index contributed by atoms with van der Waals surface area (Å²) in [5.74, 6) is -0.264. The Morgan fingerprint density at radius 1 is 1.06 bits per heavy atom. The number of aldehydes is 1. The van der Waals surface area contributed by atoms with Crippen LogP contribution in [0, 0.1) is 12.7 Å². The fraction of sp³-hybridized carbons (Fsp3) is 0.154. The van der Waals surface area contributed by atoms with Gasteiger partial charge in [-0.3, -0.25) is 9.59 Å². The first-order chi connectivity index (χ1) is 15.0. The number of aryl methyl sites for hydroxylation is 2. The van der Waals surface area contributed by atoms with Gasteiger partial charge < -0.3 is 9.15 Å². The van der Waals surface area contributed by atoms with E-state index in [0.29, 0.717) is 34.3 Å². The van der Waals surface area contributed by atoms with Gasteiger partial charge in [0.05, 0.1) is 12.7 Å². The Bertz CT molecular complexity index is 1270. The number of carbonyl (C=O) groups excluding carboxylic acids is 2. The molecule has 0 spiro atoms. The molecule has 0 atom stereocenters. The summed E-state index contributed by atoms with van der Waals surface area (Å²) in [5, 5.41) is 0.674. The first-order valence-corrected chi connectivity index (χ1v) is 9.94. The first-order valence-electron chi connectivity index (χ1n) is 9.94. The van der Waals surface area contributed by atoms with Crippen molar-refractivity contribution in [2.45, 2.75) is 19.8 Å². The second-order valence-corrected chi connectivity index (χ2v) is 7.42. The Balaban J connectivity index is 1.92. The third kappa shape index (κ3) is 4.12. The van der Waals surface area contributed by atoms with E-state index in [1.165, 1.54) is 19.2 Å². The third-order valence-corrected chi connectivity index (χ3v) is 5.33. The molecule has 0 bridgehead atoms. The maximum atomic E-state index is 13.4. The minimum atomic E-state index is -0.362. The lowest BCUT2D eigenvalue weighted by molar-refractivity contribution is -0.140. The Hall–Kier alpha value is -3.73. The molecule has 1 aromatic heterocycles. The van der Waals surface area contributed by atoms with Crippen molar-refractivity contribution in [3.05, 3.63) is 83.2 Å². The molecule has 0 N–H and O–H groups in total. The minimum absolute atomic E-state index is 0.229. The molecular formula is C26H21FO4. The number of fused-ring (bicyclic) bond motifs is 1. The van der Waals surface area contributed by atoms with Gasteiger partial charge in [0.1, 0.15) is 17.2 Å². The molecule has 4 rings (SSSR count). The minimum Gasteiger partial charge on any atom is -0.469 e. The number of ether oxygens (including phenoxy) is 1. The molecule has 0 unspecified atom stereocenters. The zero-order valence-corrected chi connectivity index (χ0v) is 17.3. The molecule has 3 aromatic carbocycles. The molecule has 0 fully saturated rings. The highest BCUT2D eigenvalue weighted by Gasteiger charge is 2.19. The molecule has 0 aliphatic heterocycles. The smallest absolute Gasteiger partial charge is 0.305 e. The molecule has 5 heteroatoms. The number of esters is 1. The van der Waals surface area contributed by atoms with E-state index in [1.807, 2.05) is 37.3 Å². The van der Waals surface area contributed by atoms with E-state index in [-0.39, 0.29) is 18.2 Å². The molecule has 0 aliphatic rings. The highest BCUT2D eigenvalue weighted by Crippen LogP contribution is 2.37.